The second-order valence-corrected chi connectivity index (χ2v) is 5.03. The highest BCUT2D eigenvalue weighted by Crippen LogP contribution is 2.38. The van der Waals surface area contributed by atoms with Crippen LogP contribution in [0.4, 0.5) is 8.78 Å². The highest BCUT2D eigenvalue weighted by molar-refractivity contribution is 6.22. The first-order chi connectivity index (χ1) is 9.97. The van der Waals surface area contributed by atoms with Crippen molar-refractivity contribution in [3.63, 3.8) is 0 Å². The molecule has 0 saturated heterocycles. The van der Waals surface area contributed by atoms with Gasteiger partial charge in [0.25, 0.3) is 0 Å². The van der Waals surface area contributed by atoms with Crippen molar-refractivity contribution in [3.8, 4) is 11.5 Å². The van der Waals surface area contributed by atoms with Gasteiger partial charge in [-0.25, -0.2) is 8.78 Å². The van der Waals surface area contributed by atoms with Gasteiger partial charge in [0.05, 0.1) is 19.6 Å². The molecule has 1 unspecified atom stereocenters. The Morgan fingerprint density at radius 3 is 2.19 bits per heavy atom. The van der Waals surface area contributed by atoms with Crippen molar-refractivity contribution >= 4 is 11.6 Å². The Hall–Kier alpha value is -1.81. The number of benzene rings is 2. The second-order valence-electron chi connectivity index (χ2n) is 4.59. The van der Waals surface area contributed by atoms with Crippen LogP contribution in [-0.2, 0) is 0 Å². The molecule has 2 aromatic rings. The summed E-state index contributed by atoms with van der Waals surface area (Å²) in [4.78, 5) is 0. The monoisotopic (exact) mass is 312 g/mol. The summed E-state index contributed by atoms with van der Waals surface area (Å²) in [5, 5.41) is -0.819. The topological polar surface area (TPSA) is 18.5 Å². The number of hydrogen-bond acceptors (Lipinski definition) is 2. The molecule has 2 rings (SSSR count). The molecule has 2 aromatic carbocycles. The number of methoxy groups -OCH3 is 2. The smallest absolute Gasteiger partial charge is 0.163 e. The van der Waals surface area contributed by atoms with Crippen LogP contribution in [0.2, 0.25) is 0 Å². The van der Waals surface area contributed by atoms with E-state index in [9.17, 15) is 8.78 Å². The lowest BCUT2D eigenvalue weighted by atomic mass is 9.99. The van der Waals surface area contributed by atoms with Gasteiger partial charge in [-0.15, -0.1) is 11.6 Å². The molecule has 0 bridgehead atoms. The van der Waals surface area contributed by atoms with E-state index in [0.717, 1.165) is 5.56 Å². The third kappa shape index (κ3) is 3.10. The van der Waals surface area contributed by atoms with Gasteiger partial charge in [-0.1, -0.05) is 6.07 Å². The van der Waals surface area contributed by atoms with Crippen molar-refractivity contribution in [2.45, 2.75) is 12.3 Å². The molecule has 0 fully saturated rings. The van der Waals surface area contributed by atoms with Crippen molar-refractivity contribution in [1.29, 1.82) is 0 Å². The van der Waals surface area contributed by atoms with Gasteiger partial charge in [0.1, 0.15) is 11.6 Å². The number of alkyl halides is 1. The van der Waals surface area contributed by atoms with Crippen LogP contribution in [0.3, 0.4) is 0 Å². The summed E-state index contributed by atoms with van der Waals surface area (Å²) in [6.07, 6.45) is 0. The molecular formula is C16H15ClF2O2. The molecule has 0 amide bonds. The van der Waals surface area contributed by atoms with Crippen LogP contribution in [0.1, 0.15) is 22.1 Å². The number of aryl methyl sites for hydroxylation is 1. The Morgan fingerprint density at radius 1 is 0.952 bits per heavy atom. The molecule has 21 heavy (non-hydrogen) atoms. The highest BCUT2D eigenvalue weighted by atomic mass is 35.5. The number of halogens is 3. The van der Waals surface area contributed by atoms with E-state index >= 15 is 0 Å². The van der Waals surface area contributed by atoms with Gasteiger partial charge >= 0.3 is 0 Å². The molecule has 0 saturated carbocycles. The lowest BCUT2D eigenvalue weighted by Gasteiger charge is -2.16. The molecule has 0 radical (unpaired) electrons. The van der Waals surface area contributed by atoms with Gasteiger partial charge in [0, 0.05) is 11.6 Å². The van der Waals surface area contributed by atoms with Crippen LogP contribution in [0.5, 0.6) is 11.5 Å². The summed E-state index contributed by atoms with van der Waals surface area (Å²) >= 11 is 6.34. The fourth-order valence-corrected chi connectivity index (χ4v) is 2.52. The number of ether oxygens (including phenoxy) is 2. The van der Waals surface area contributed by atoms with Crippen molar-refractivity contribution in [2.24, 2.45) is 0 Å². The van der Waals surface area contributed by atoms with E-state index in [-0.39, 0.29) is 11.3 Å². The molecular weight excluding hydrogens is 298 g/mol. The predicted octanol–water partition coefficient (Wildman–Crippen LogP) is 4.62. The summed E-state index contributed by atoms with van der Waals surface area (Å²) in [5.41, 5.74) is 1.51. The minimum absolute atomic E-state index is 0.211. The average molecular weight is 313 g/mol. The Bertz CT molecular complexity index is 659. The number of hydrogen-bond donors (Lipinski definition) is 0. The van der Waals surface area contributed by atoms with Crippen LogP contribution >= 0.6 is 11.6 Å². The lowest BCUT2D eigenvalue weighted by molar-refractivity contribution is 0.351. The zero-order valence-electron chi connectivity index (χ0n) is 11.9. The Labute approximate surface area is 127 Å². The van der Waals surface area contributed by atoms with Gasteiger partial charge in [0.2, 0.25) is 0 Å². The fraction of sp³-hybridized carbons (Fsp3) is 0.250. The van der Waals surface area contributed by atoms with E-state index in [1.54, 1.807) is 13.0 Å². The minimum Gasteiger partial charge on any atom is -0.493 e. The van der Waals surface area contributed by atoms with Crippen molar-refractivity contribution < 1.29 is 18.3 Å². The largest absolute Gasteiger partial charge is 0.493 e. The molecule has 1 atom stereocenters. The summed E-state index contributed by atoms with van der Waals surface area (Å²) in [6, 6.07) is 6.93. The van der Waals surface area contributed by atoms with Gasteiger partial charge in [-0.05, 0) is 36.2 Å². The van der Waals surface area contributed by atoms with Crippen LogP contribution in [0.25, 0.3) is 0 Å². The molecule has 0 aliphatic rings. The van der Waals surface area contributed by atoms with Gasteiger partial charge in [-0.2, -0.15) is 0 Å². The highest BCUT2D eigenvalue weighted by Gasteiger charge is 2.21. The van der Waals surface area contributed by atoms with E-state index < -0.39 is 17.0 Å². The summed E-state index contributed by atoms with van der Waals surface area (Å²) in [5.74, 6) is -0.300. The van der Waals surface area contributed by atoms with Crippen LogP contribution in [-0.4, -0.2) is 14.2 Å². The molecule has 0 N–H and O–H groups in total. The van der Waals surface area contributed by atoms with Crippen LogP contribution in [0, 0.1) is 18.6 Å². The van der Waals surface area contributed by atoms with E-state index in [4.69, 9.17) is 21.1 Å². The molecule has 112 valence electrons. The van der Waals surface area contributed by atoms with Gasteiger partial charge in [-0.3, -0.25) is 0 Å². The first kappa shape index (κ1) is 15.6. The molecule has 0 aliphatic heterocycles. The first-order valence-corrected chi connectivity index (χ1v) is 6.73. The molecule has 0 spiro atoms. The lowest BCUT2D eigenvalue weighted by Crippen LogP contribution is -2.02. The molecule has 2 nitrogen and oxygen atoms in total. The normalized spacial score (nSPS) is 12.1. The minimum atomic E-state index is -0.819. The fourth-order valence-electron chi connectivity index (χ4n) is 2.12. The van der Waals surface area contributed by atoms with Crippen LogP contribution in [0.15, 0.2) is 30.3 Å². The zero-order chi connectivity index (χ0) is 15.6. The summed E-state index contributed by atoms with van der Waals surface area (Å²) < 4.78 is 37.8. The molecule has 5 heteroatoms. The zero-order valence-corrected chi connectivity index (χ0v) is 12.7. The SMILES string of the molecule is COc1cc(F)c(C(Cl)c2cc(F)ccc2C)cc1OC. The average Bonchev–Trinajstić information content (AvgIpc) is 2.48. The quantitative estimate of drug-likeness (QED) is 0.767. The summed E-state index contributed by atoms with van der Waals surface area (Å²) in [6.45, 7) is 1.79. The van der Waals surface area contributed by atoms with Crippen LogP contribution < -0.4 is 9.47 Å². The van der Waals surface area contributed by atoms with Gasteiger partial charge in [0.15, 0.2) is 11.5 Å². The van der Waals surface area contributed by atoms with E-state index in [0.29, 0.717) is 11.3 Å². The standard InChI is InChI=1S/C16H15ClF2O2/c1-9-4-5-10(18)6-11(9)16(17)12-7-14(20-2)15(21-3)8-13(12)19/h4-8,16H,1-3H3. The maximum atomic E-state index is 14.2. The maximum absolute atomic E-state index is 14.2. The third-order valence-corrected chi connectivity index (χ3v) is 3.76. The van der Waals surface area contributed by atoms with E-state index in [1.165, 1.54) is 38.5 Å². The summed E-state index contributed by atoms with van der Waals surface area (Å²) in [7, 11) is 2.88. The Balaban J connectivity index is 2.52. The van der Waals surface area contributed by atoms with E-state index in [2.05, 4.69) is 0 Å². The Kier molecular flexibility index (Phi) is 4.68. The predicted molar refractivity (Wildman–Crippen MR) is 78.3 cm³/mol. The molecule has 0 aliphatic carbocycles. The first-order valence-electron chi connectivity index (χ1n) is 6.29. The number of rotatable bonds is 4. The van der Waals surface area contributed by atoms with Crippen molar-refractivity contribution in [2.75, 3.05) is 14.2 Å². The molecule has 0 aromatic heterocycles. The van der Waals surface area contributed by atoms with E-state index in [1.807, 2.05) is 0 Å². The second kappa shape index (κ2) is 6.31. The van der Waals surface area contributed by atoms with Crippen molar-refractivity contribution in [1.82, 2.24) is 0 Å². The Morgan fingerprint density at radius 2 is 1.57 bits per heavy atom. The maximum Gasteiger partial charge on any atom is 0.163 e. The van der Waals surface area contributed by atoms with Crippen molar-refractivity contribution in [3.05, 3.63) is 58.7 Å². The van der Waals surface area contributed by atoms with Gasteiger partial charge < -0.3 is 9.47 Å². The third-order valence-electron chi connectivity index (χ3n) is 3.29. The molecule has 0 heterocycles.